The molecular formula is C51H48F2N10O7. The number of nitrogens with zero attached hydrogens (tertiary/aromatic N) is 7. The number of carbonyl (C=O) groups excluding carboxylic acids is 5. The molecule has 70 heavy (non-hydrogen) atoms. The zero-order valence-electron chi connectivity index (χ0n) is 38.2. The van der Waals surface area contributed by atoms with E-state index < -0.39 is 52.9 Å². The van der Waals surface area contributed by atoms with Gasteiger partial charge in [0.05, 0.1) is 34.3 Å². The van der Waals surface area contributed by atoms with Gasteiger partial charge in [0.25, 0.3) is 11.8 Å². The number of rotatable bonds is 11. The molecule has 3 N–H and O–H groups in total. The van der Waals surface area contributed by atoms with E-state index in [-0.39, 0.29) is 84.8 Å². The highest BCUT2D eigenvalue weighted by Gasteiger charge is 2.52. The van der Waals surface area contributed by atoms with Gasteiger partial charge < -0.3 is 25.0 Å². The monoisotopic (exact) mass is 950 g/mol. The van der Waals surface area contributed by atoms with Crippen molar-refractivity contribution in [2.75, 3.05) is 56.8 Å². The quantitative estimate of drug-likeness (QED) is 0.0684. The maximum atomic E-state index is 17.2. The van der Waals surface area contributed by atoms with Gasteiger partial charge in [0.1, 0.15) is 42.1 Å². The maximum Gasteiger partial charge on any atom is 0.410 e. The minimum Gasteiger partial charge on any atom is -0.461 e. The first-order valence-electron chi connectivity index (χ1n) is 23.4. The fraction of sp³-hybridized carbons (Fsp3) is 0.373. The minimum atomic E-state index is -1.11. The molecule has 0 radical (unpaired) electrons. The van der Waals surface area contributed by atoms with E-state index in [4.69, 9.17) is 25.9 Å². The number of aromatic nitrogens is 3. The Kier molecular flexibility index (Phi) is 11.2. The number of hydrogen-bond acceptors (Lipinski definition) is 14. The molecule has 5 saturated heterocycles. The van der Waals surface area contributed by atoms with Crippen LogP contribution in [0.2, 0.25) is 0 Å². The molecule has 0 spiro atoms. The van der Waals surface area contributed by atoms with Gasteiger partial charge in [-0.2, -0.15) is 9.97 Å². The molecule has 5 fully saturated rings. The van der Waals surface area contributed by atoms with E-state index in [0.29, 0.717) is 72.1 Å². The van der Waals surface area contributed by atoms with Crippen LogP contribution in [0.15, 0.2) is 66.9 Å². The zero-order chi connectivity index (χ0) is 48.6. The average Bonchev–Trinajstić information content (AvgIpc) is 4.06. The van der Waals surface area contributed by atoms with Crippen LogP contribution in [0.3, 0.4) is 0 Å². The van der Waals surface area contributed by atoms with Crippen LogP contribution < -0.4 is 25.6 Å². The smallest absolute Gasteiger partial charge is 0.410 e. The van der Waals surface area contributed by atoms with E-state index in [2.05, 4.69) is 43.2 Å². The predicted octanol–water partition coefficient (Wildman–Crippen LogP) is 5.13. The Morgan fingerprint density at radius 1 is 1.01 bits per heavy atom. The summed E-state index contributed by atoms with van der Waals surface area (Å²) in [5.74, 6) is -0.837. The summed E-state index contributed by atoms with van der Waals surface area (Å²) in [6.07, 6.45) is 10.8. The summed E-state index contributed by atoms with van der Waals surface area (Å²) in [7, 11) is 1.53. The number of piperidine rings is 1. The van der Waals surface area contributed by atoms with Gasteiger partial charge in [-0.15, -0.1) is 6.42 Å². The molecule has 0 saturated carbocycles. The van der Waals surface area contributed by atoms with Crippen molar-refractivity contribution in [3.63, 3.8) is 0 Å². The first-order chi connectivity index (χ1) is 33.8. The van der Waals surface area contributed by atoms with Gasteiger partial charge >= 0.3 is 12.1 Å². The lowest BCUT2D eigenvalue weighted by molar-refractivity contribution is -0.136. The number of piperazine rings is 1. The second kappa shape index (κ2) is 17.4. The van der Waals surface area contributed by atoms with E-state index in [1.807, 2.05) is 0 Å². The van der Waals surface area contributed by atoms with E-state index in [9.17, 15) is 24.0 Å². The third-order valence-electron chi connectivity index (χ3n) is 14.7. The van der Waals surface area contributed by atoms with Crippen LogP contribution in [0.4, 0.5) is 25.1 Å². The maximum absolute atomic E-state index is 17.2. The third kappa shape index (κ3) is 7.62. The van der Waals surface area contributed by atoms with Gasteiger partial charge in [0.15, 0.2) is 5.82 Å². The standard InChI is InChI=1S/C51H48F2N10O7/c1-4-32-36(52)14-11-28-7-5-8-33(40(28)32)43-42(53)44-35(20-54-43)45(61-22-29-12-13-30(23-61)56-29)59-49(58-44)70-25-51-18-17-31(62(51)21-27(2)19-51)24-69-50(68)60(3)26-55-37-10-6-9-34-41(37)48(67)63(47(34)66)38-15-16-39(64)57-46(38)65/h1,5-11,14,20,29-31,38,55-56H,2,12-13,15-19,21-26H2,3H3,(H,57,64,65)/t29?,30?,31-,38?,51-/m0/s1. The number of terminal acetylenes is 1. The number of halogens is 2. The lowest BCUT2D eigenvalue weighted by Crippen LogP contribution is -2.54. The van der Waals surface area contributed by atoms with E-state index in [1.54, 1.807) is 42.6 Å². The Hall–Kier alpha value is -7.56. The summed E-state index contributed by atoms with van der Waals surface area (Å²) in [5.41, 5.74) is 1.26. The van der Waals surface area contributed by atoms with Crippen LogP contribution in [-0.4, -0.2) is 136 Å². The predicted molar refractivity (Wildman–Crippen MR) is 253 cm³/mol. The largest absolute Gasteiger partial charge is 0.461 e. The Morgan fingerprint density at radius 2 is 1.80 bits per heavy atom. The van der Waals surface area contributed by atoms with Gasteiger partial charge in [-0.1, -0.05) is 48.4 Å². The van der Waals surface area contributed by atoms with Crippen molar-refractivity contribution in [2.45, 2.75) is 74.7 Å². The van der Waals surface area contributed by atoms with Gasteiger partial charge in [-0.25, -0.2) is 13.6 Å². The fourth-order valence-electron chi connectivity index (χ4n) is 11.3. The third-order valence-corrected chi connectivity index (χ3v) is 14.7. The molecule has 8 heterocycles. The first kappa shape index (κ1) is 44.9. The Balaban J connectivity index is 0.796. The number of amides is 5. The van der Waals surface area contributed by atoms with Crippen molar-refractivity contribution >= 4 is 62.9 Å². The molecule has 2 aromatic heterocycles. The molecule has 5 amide bonds. The van der Waals surface area contributed by atoms with Crippen LogP contribution in [0, 0.1) is 24.0 Å². The number of carbonyl (C=O) groups is 5. The van der Waals surface area contributed by atoms with Crippen molar-refractivity contribution in [1.29, 1.82) is 0 Å². The molecule has 17 nitrogen and oxygen atoms in total. The molecule has 19 heteroatoms. The number of fused-ring (bicyclic) bond motifs is 6. The topological polar surface area (TPSA) is 192 Å². The first-order valence-corrected chi connectivity index (χ1v) is 23.4. The molecule has 3 unspecified atom stereocenters. The van der Waals surface area contributed by atoms with Crippen LogP contribution in [0.25, 0.3) is 32.9 Å². The summed E-state index contributed by atoms with van der Waals surface area (Å²) >= 11 is 0. The van der Waals surface area contributed by atoms with Crippen molar-refractivity contribution in [3.8, 4) is 29.6 Å². The van der Waals surface area contributed by atoms with Crippen LogP contribution >= 0.6 is 0 Å². The SMILES string of the molecule is C#Cc1c(F)ccc2cccc(-c3ncc4c(N5CC6CCC(C5)N6)nc(OC[C@@]56CC[C@@H](COC(=O)N(C)CNc7cccc8c7C(=O)N(C7CCC(=O)NC7=O)C8=O)N5CC(=C)C6)nc4c3F)c12. The number of pyridine rings is 1. The second-order valence-electron chi connectivity index (χ2n) is 19.1. The van der Waals surface area contributed by atoms with E-state index >= 15 is 8.78 Å². The van der Waals surface area contributed by atoms with Gasteiger partial charge in [0.2, 0.25) is 11.8 Å². The van der Waals surface area contributed by atoms with Gasteiger partial charge in [-0.05, 0) is 62.1 Å². The summed E-state index contributed by atoms with van der Waals surface area (Å²) in [6.45, 7) is 6.30. The van der Waals surface area contributed by atoms with Crippen LogP contribution in [0.5, 0.6) is 6.01 Å². The number of nitrogens with one attached hydrogen (secondary N) is 3. The van der Waals surface area contributed by atoms with Crippen LogP contribution in [-0.2, 0) is 14.3 Å². The number of benzene rings is 3. The highest BCUT2D eigenvalue weighted by atomic mass is 19.1. The summed E-state index contributed by atoms with van der Waals surface area (Å²) in [5, 5.41) is 10.3. The normalized spacial score (nSPS) is 24.0. The second-order valence-corrected chi connectivity index (χ2v) is 19.1. The van der Waals surface area contributed by atoms with E-state index in [0.717, 1.165) is 23.3 Å². The van der Waals surface area contributed by atoms with Crippen molar-refractivity contribution < 1.29 is 42.2 Å². The minimum absolute atomic E-state index is 0.000301. The highest BCUT2D eigenvalue weighted by Crippen LogP contribution is 2.45. The molecule has 11 rings (SSSR count). The Bertz CT molecular complexity index is 3130. The molecule has 3 aromatic carbocycles. The van der Waals surface area contributed by atoms with Crippen molar-refractivity contribution in [1.82, 2.24) is 40.3 Å². The highest BCUT2D eigenvalue weighted by molar-refractivity contribution is 6.25. The molecule has 5 aromatic rings. The number of ether oxygens (including phenoxy) is 2. The van der Waals surface area contributed by atoms with Gasteiger partial charge in [0, 0.05) is 74.1 Å². The molecule has 6 aliphatic heterocycles. The average molecular weight is 951 g/mol. The van der Waals surface area contributed by atoms with Crippen molar-refractivity contribution in [2.24, 2.45) is 0 Å². The molecule has 2 bridgehead atoms. The fourth-order valence-corrected chi connectivity index (χ4v) is 11.3. The molecule has 5 atom stereocenters. The van der Waals surface area contributed by atoms with Crippen LogP contribution in [0.1, 0.15) is 71.2 Å². The van der Waals surface area contributed by atoms with Crippen molar-refractivity contribution in [3.05, 3.63) is 95.2 Å². The summed E-state index contributed by atoms with van der Waals surface area (Å²) in [4.78, 5) is 85.4. The van der Waals surface area contributed by atoms with E-state index in [1.165, 1.54) is 24.1 Å². The number of anilines is 2. The van der Waals surface area contributed by atoms with Gasteiger partial charge in [-0.3, -0.25) is 44.2 Å². The number of imide groups is 2. The summed E-state index contributed by atoms with van der Waals surface area (Å²) in [6, 6.07) is 12.0. The number of hydrogen-bond donors (Lipinski definition) is 3. The molecule has 358 valence electrons. The Morgan fingerprint density at radius 3 is 2.59 bits per heavy atom. The lowest BCUT2D eigenvalue weighted by Gasteiger charge is -2.35. The lowest BCUT2D eigenvalue weighted by atomic mass is 9.94. The molecule has 0 aliphatic carbocycles. The Labute approximate surface area is 400 Å². The zero-order valence-corrected chi connectivity index (χ0v) is 38.2. The summed E-state index contributed by atoms with van der Waals surface area (Å²) < 4.78 is 44.6. The molecule has 6 aliphatic rings. The molecular weight excluding hydrogens is 903 g/mol.